The number of thioether (sulfide) groups is 1. The summed E-state index contributed by atoms with van der Waals surface area (Å²) in [6.07, 6.45) is 4.22. The van der Waals surface area contributed by atoms with Gasteiger partial charge in [0.25, 0.3) is 0 Å². The molecule has 10 heteroatoms. The Kier molecular flexibility index (Phi) is 7.97. The molecule has 33 heavy (non-hydrogen) atoms. The number of rotatable bonds is 9. The lowest BCUT2D eigenvalue weighted by atomic mass is 10.1. The smallest absolute Gasteiger partial charge is 0.236 e. The zero-order chi connectivity index (χ0) is 23.2. The summed E-state index contributed by atoms with van der Waals surface area (Å²) in [5.41, 5.74) is 1.97. The number of allylic oxidation sites excluding steroid dienone is 1. The predicted octanol–water partition coefficient (Wildman–Crippen LogP) is 6.33. The lowest BCUT2D eigenvalue weighted by Gasteiger charge is -2.08. The van der Waals surface area contributed by atoms with E-state index in [1.54, 1.807) is 12.3 Å². The van der Waals surface area contributed by atoms with E-state index in [2.05, 4.69) is 43.0 Å². The van der Waals surface area contributed by atoms with Gasteiger partial charge in [-0.05, 0) is 23.8 Å². The van der Waals surface area contributed by atoms with Gasteiger partial charge in [0, 0.05) is 39.1 Å². The minimum absolute atomic E-state index is 0.156. The zero-order valence-electron chi connectivity index (χ0n) is 17.4. The normalized spacial score (nSPS) is 10.8. The van der Waals surface area contributed by atoms with E-state index in [0.717, 1.165) is 31.3 Å². The minimum Gasteiger partial charge on any atom is -0.301 e. The van der Waals surface area contributed by atoms with Gasteiger partial charge in [0.15, 0.2) is 16.1 Å². The molecule has 0 atom stereocenters. The maximum absolute atomic E-state index is 12.5. The third-order valence-corrected chi connectivity index (χ3v) is 7.36. The summed E-state index contributed by atoms with van der Waals surface area (Å²) in [4.78, 5) is 17.9. The number of carbonyl (C=O) groups is 1. The Hall–Kier alpha value is -2.46. The number of thiazole rings is 1. The van der Waals surface area contributed by atoms with Crippen molar-refractivity contribution in [1.29, 1.82) is 0 Å². The second-order valence-electron chi connectivity index (χ2n) is 6.95. The standard InChI is InChI=1S/C23H19BrClN5OS2/c1-2-11-30-21(15-7-9-17(24)10-8-15)28-29-23(30)32-14-20(31)27-22-26-13-18(33-22)12-16-5-3-4-6-19(16)25/h2-10,13H,1,11-12,14H2,(H,26,27,31). The highest BCUT2D eigenvalue weighted by Gasteiger charge is 2.16. The molecular formula is C23H19BrClN5OS2. The first-order valence-electron chi connectivity index (χ1n) is 9.94. The maximum atomic E-state index is 12.5. The van der Waals surface area contributed by atoms with Crippen LogP contribution in [0.4, 0.5) is 5.13 Å². The molecule has 168 valence electrons. The lowest BCUT2D eigenvalue weighted by Crippen LogP contribution is -2.14. The van der Waals surface area contributed by atoms with Crippen LogP contribution in [0, 0.1) is 0 Å². The van der Waals surface area contributed by atoms with E-state index < -0.39 is 0 Å². The second-order valence-corrected chi connectivity index (χ2v) is 10.3. The van der Waals surface area contributed by atoms with Crippen molar-refractivity contribution in [2.45, 2.75) is 18.1 Å². The fourth-order valence-corrected chi connectivity index (χ4v) is 5.13. The van der Waals surface area contributed by atoms with Crippen molar-refractivity contribution in [3.8, 4) is 11.4 Å². The van der Waals surface area contributed by atoms with Crippen LogP contribution in [0.1, 0.15) is 10.4 Å². The molecule has 4 aromatic rings. The molecule has 0 aliphatic carbocycles. The van der Waals surface area contributed by atoms with E-state index in [1.165, 1.54) is 23.1 Å². The summed E-state index contributed by atoms with van der Waals surface area (Å²) >= 11 is 12.4. The number of amides is 1. The fourth-order valence-electron chi connectivity index (χ4n) is 3.06. The number of hydrogen-bond acceptors (Lipinski definition) is 6. The van der Waals surface area contributed by atoms with Crippen LogP contribution in [0.5, 0.6) is 0 Å². The average Bonchev–Trinajstić information content (AvgIpc) is 3.41. The monoisotopic (exact) mass is 559 g/mol. The number of aromatic nitrogens is 4. The molecule has 2 heterocycles. The average molecular weight is 561 g/mol. The van der Waals surface area contributed by atoms with Gasteiger partial charge in [0.1, 0.15) is 0 Å². The Morgan fingerprint density at radius 3 is 2.76 bits per heavy atom. The maximum Gasteiger partial charge on any atom is 0.236 e. The summed E-state index contributed by atoms with van der Waals surface area (Å²) in [6, 6.07) is 15.6. The molecule has 6 nitrogen and oxygen atoms in total. The van der Waals surface area contributed by atoms with E-state index in [1.807, 2.05) is 53.1 Å². The molecule has 2 aromatic heterocycles. The summed E-state index contributed by atoms with van der Waals surface area (Å²) in [6.45, 7) is 4.37. The van der Waals surface area contributed by atoms with Crippen LogP contribution in [0.25, 0.3) is 11.4 Å². The van der Waals surface area contributed by atoms with Gasteiger partial charge in [0.05, 0.1) is 5.75 Å². The number of nitrogens with one attached hydrogen (secondary N) is 1. The molecule has 0 saturated heterocycles. The van der Waals surface area contributed by atoms with Crippen molar-refractivity contribution in [2.75, 3.05) is 11.1 Å². The van der Waals surface area contributed by atoms with Gasteiger partial charge >= 0.3 is 0 Å². The molecule has 2 aromatic carbocycles. The molecule has 0 bridgehead atoms. The van der Waals surface area contributed by atoms with Crippen molar-refractivity contribution in [3.63, 3.8) is 0 Å². The molecule has 0 saturated carbocycles. The quantitative estimate of drug-likeness (QED) is 0.191. The molecule has 0 aliphatic rings. The third kappa shape index (κ3) is 6.11. The third-order valence-electron chi connectivity index (χ3n) is 4.59. The number of benzene rings is 2. The van der Waals surface area contributed by atoms with E-state index in [9.17, 15) is 4.79 Å². The first-order valence-corrected chi connectivity index (χ1v) is 12.9. The van der Waals surface area contributed by atoms with Crippen molar-refractivity contribution in [3.05, 3.63) is 87.3 Å². The van der Waals surface area contributed by atoms with Crippen LogP contribution in [-0.2, 0) is 17.8 Å². The van der Waals surface area contributed by atoms with Gasteiger partial charge in [-0.2, -0.15) is 0 Å². The number of nitrogens with zero attached hydrogens (tertiary/aromatic N) is 4. The van der Waals surface area contributed by atoms with Gasteiger partial charge in [-0.15, -0.1) is 28.1 Å². The molecule has 0 unspecified atom stereocenters. The molecule has 4 rings (SSSR count). The van der Waals surface area contributed by atoms with Gasteiger partial charge in [-0.25, -0.2) is 4.98 Å². The topological polar surface area (TPSA) is 72.7 Å². The first kappa shape index (κ1) is 23.7. The van der Waals surface area contributed by atoms with Crippen molar-refractivity contribution in [2.24, 2.45) is 0 Å². The lowest BCUT2D eigenvalue weighted by molar-refractivity contribution is -0.113. The second kappa shape index (κ2) is 11.1. The number of halogens is 2. The highest BCUT2D eigenvalue weighted by atomic mass is 79.9. The first-order chi connectivity index (χ1) is 16.0. The van der Waals surface area contributed by atoms with Crippen molar-refractivity contribution >= 4 is 61.7 Å². The van der Waals surface area contributed by atoms with Gasteiger partial charge in [-0.3, -0.25) is 9.36 Å². The molecule has 0 aliphatic heterocycles. The summed E-state index contributed by atoms with van der Waals surface area (Å²) in [5, 5.41) is 13.4. The minimum atomic E-state index is -0.156. The molecule has 1 N–H and O–H groups in total. The number of anilines is 1. The van der Waals surface area contributed by atoms with Crippen LogP contribution in [0.15, 0.2) is 77.0 Å². The Morgan fingerprint density at radius 2 is 2.00 bits per heavy atom. The molecular weight excluding hydrogens is 542 g/mol. The van der Waals surface area contributed by atoms with E-state index in [-0.39, 0.29) is 11.7 Å². The summed E-state index contributed by atoms with van der Waals surface area (Å²) in [7, 11) is 0. The Bertz CT molecular complexity index is 1270. The Morgan fingerprint density at radius 1 is 1.21 bits per heavy atom. The SMILES string of the molecule is C=CCn1c(SCC(=O)Nc2ncc(Cc3ccccc3Cl)s2)nnc1-c1ccc(Br)cc1. The highest BCUT2D eigenvalue weighted by Crippen LogP contribution is 2.27. The molecule has 0 fully saturated rings. The van der Waals surface area contributed by atoms with Crippen molar-refractivity contribution in [1.82, 2.24) is 19.7 Å². The van der Waals surface area contributed by atoms with Crippen molar-refractivity contribution < 1.29 is 4.79 Å². The zero-order valence-corrected chi connectivity index (χ0v) is 21.3. The number of hydrogen-bond donors (Lipinski definition) is 1. The molecule has 0 spiro atoms. The van der Waals surface area contributed by atoms with Crippen LogP contribution in [0.2, 0.25) is 5.02 Å². The predicted molar refractivity (Wildman–Crippen MR) is 139 cm³/mol. The highest BCUT2D eigenvalue weighted by molar-refractivity contribution is 9.10. The Labute approximate surface area is 213 Å². The van der Waals surface area contributed by atoms with E-state index >= 15 is 0 Å². The largest absolute Gasteiger partial charge is 0.301 e. The number of carbonyl (C=O) groups excluding carboxylic acids is 1. The molecule has 1 amide bonds. The van der Waals surface area contributed by atoms with Crippen LogP contribution >= 0.6 is 50.6 Å². The van der Waals surface area contributed by atoms with Gasteiger partial charge in [0.2, 0.25) is 5.91 Å². The summed E-state index contributed by atoms with van der Waals surface area (Å²) in [5.74, 6) is 0.765. The summed E-state index contributed by atoms with van der Waals surface area (Å²) < 4.78 is 2.93. The Balaban J connectivity index is 1.38. The van der Waals surface area contributed by atoms with Gasteiger partial charge < -0.3 is 5.32 Å². The van der Waals surface area contributed by atoms with Crippen LogP contribution in [0.3, 0.4) is 0 Å². The molecule has 0 radical (unpaired) electrons. The fraction of sp³-hybridized carbons (Fsp3) is 0.130. The van der Waals surface area contributed by atoms with E-state index in [0.29, 0.717) is 23.3 Å². The van der Waals surface area contributed by atoms with Gasteiger partial charge in [-0.1, -0.05) is 75.7 Å². The van der Waals surface area contributed by atoms with E-state index in [4.69, 9.17) is 11.6 Å². The van der Waals surface area contributed by atoms with Crippen LogP contribution in [-0.4, -0.2) is 31.4 Å². The van der Waals surface area contributed by atoms with Crippen LogP contribution < -0.4 is 5.32 Å².